The zero-order valence-electron chi connectivity index (χ0n) is 14.0. The SMILES string of the molecule is CCCCCCCCCOP(=O)([O-])C(O)P(=O)([O-])[O-].[K+].[K+].[K+]. The molecule has 0 fully saturated rings. The Hall–Kier alpha value is 5.17. The summed E-state index contributed by atoms with van der Waals surface area (Å²) in [6, 6.07) is 0. The summed E-state index contributed by atoms with van der Waals surface area (Å²) in [4.78, 5) is 31.9. The molecule has 2 atom stereocenters. The Bertz CT molecular complexity index is 340. The van der Waals surface area contributed by atoms with E-state index in [2.05, 4.69) is 11.4 Å². The minimum atomic E-state index is -5.60. The van der Waals surface area contributed by atoms with E-state index in [1.54, 1.807) is 0 Å². The standard InChI is InChI=1S/C10H24O7P2.3K/c1-2-3-4-5-6-7-8-9-17-19(15,16)10(11)18(12,13)14;;;/h10-11H,2-9H2,1H3,(H,15,16)(H2,12,13,14);;;/q;3*+1/p-3. The summed E-state index contributed by atoms with van der Waals surface area (Å²) in [5.74, 6) is 0. The quantitative estimate of drug-likeness (QED) is 0.195. The van der Waals surface area contributed by atoms with Gasteiger partial charge in [-0.25, -0.2) is 0 Å². The van der Waals surface area contributed by atoms with Crippen molar-refractivity contribution in [3.8, 4) is 0 Å². The molecule has 116 valence electrons. The van der Waals surface area contributed by atoms with Crippen molar-refractivity contribution in [2.75, 3.05) is 6.61 Å². The second-order valence-electron chi connectivity index (χ2n) is 4.38. The number of aliphatic hydroxyl groups excluding tert-OH is 1. The van der Waals surface area contributed by atoms with Crippen LogP contribution in [0.5, 0.6) is 0 Å². The predicted molar refractivity (Wildman–Crippen MR) is 65.2 cm³/mol. The molecule has 7 nitrogen and oxygen atoms in total. The Balaban J connectivity index is -0.000000540. The van der Waals surface area contributed by atoms with Crippen molar-refractivity contribution in [3.63, 3.8) is 0 Å². The summed E-state index contributed by atoms with van der Waals surface area (Å²) in [5, 5.41) is 8.82. The minimum absolute atomic E-state index is 0. The van der Waals surface area contributed by atoms with Gasteiger partial charge >= 0.3 is 154 Å². The van der Waals surface area contributed by atoms with Crippen LogP contribution in [0, 0.1) is 0 Å². The van der Waals surface area contributed by atoms with Crippen molar-refractivity contribution >= 4 is 15.2 Å². The Morgan fingerprint density at radius 3 is 1.73 bits per heavy atom. The second kappa shape index (κ2) is 19.5. The van der Waals surface area contributed by atoms with Gasteiger partial charge in [0.15, 0.2) is 7.60 Å². The van der Waals surface area contributed by atoms with E-state index in [1.807, 2.05) is 0 Å². The van der Waals surface area contributed by atoms with E-state index >= 15 is 0 Å². The van der Waals surface area contributed by atoms with Crippen molar-refractivity contribution in [2.45, 2.75) is 57.5 Å². The van der Waals surface area contributed by atoms with E-state index in [1.165, 1.54) is 6.42 Å². The smallest absolute Gasteiger partial charge is 0.809 e. The molecule has 0 aromatic rings. The summed E-state index contributed by atoms with van der Waals surface area (Å²) in [6.45, 7) is 1.89. The predicted octanol–water partition coefficient (Wildman–Crippen LogP) is -8.49. The summed E-state index contributed by atoms with van der Waals surface area (Å²) in [7, 11) is -10.7. The van der Waals surface area contributed by atoms with E-state index in [9.17, 15) is 23.8 Å². The van der Waals surface area contributed by atoms with Crippen LogP contribution in [0.15, 0.2) is 0 Å². The molecule has 0 aromatic heterocycles. The maximum absolute atomic E-state index is 11.1. The Morgan fingerprint density at radius 2 is 1.32 bits per heavy atom. The molecule has 12 heteroatoms. The average molecular weight is 433 g/mol. The normalized spacial score (nSPS) is 14.8. The molecule has 0 saturated heterocycles. The zero-order valence-corrected chi connectivity index (χ0v) is 25.2. The van der Waals surface area contributed by atoms with Gasteiger partial charge in [-0.05, 0) is 14.0 Å². The van der Waals surface area contributed by atoms with Crippen LogP contribution in [0.2, 0.25) is 0 Å². The molecule has 0 amide bonds. The fourth-order valence-electron chi connectivity index (χ4n) is 1.49. The molecule has 2 unspecified atom stereocenters. The number of hydrogen-bond donors (Lipinski definition) is 1. The minimum Gasteiger partial charge on any atom is -0.809 e. The van der Waals surface area contributed by atoms with Crippen LogP contribution in [-0.4, -0.2) is 17.3 Å². The van der Waals surface area contributed by atoms with Gasteiger partial charge in [0.25, 0.3) is 0 Å². The van der Waals surface area contributed by atoms with Crippen LogP contribution >= 0.6 is 15.2 Å². The largest absolute Gasteiger partial charge is 1.00 e. The molecule has 0 bridgehead atoms. The molecule has 0 rings (SSSR count). The van der Waals surface area contributed by atoms with Crippen LogP contribution in [0.25, 0.3) is 0 Å². The van der Waals surface area contributed by atoms with Gasteiger partial charge in [0, 0.05) is 0 Å². The molecule has 0 radical (unpaired) electrons. The van der Waals surface area contributed by atoms with Crippen molar-refractivity contribution in [1.29, 1.82) is 0 Å². The average Bonchev–Trinajstić information content (AvgIpc) is 2.30. The van der Waals surface area contributed by atoms with Crippen molar-refractivity contribution in [3.05, 3.63) is 0 Å². The first-order valence-corrected chi connectivity index (χ1v) is 9.59. The first-order chi connectivity index (χ1) is 8.72. The van der Waals surface area contributed by atoms with Gasteiger partial charge in [0.1, 0.15) is 5.59 Å². The molecule has 22 heavy (non-hydrogen) atoms. The van der Waals surface area contributed by atoms with Gasteiger partial charge in [-0.3, -0.25) is 0 Å². The molecule has 0 aromatic carbocycles. The Labute approximate surface area is 260 Å². The van der Waals surface area contributed by atoms with Crippen LogP contribution in [0.4, 0.5) is 0 Å². The van der Waals surface area contributed by atoms with Gasteiger partial charge < -0.3 is 33.4 Å². The van der Waals surface area contributed by atoms with Crippen molar-refractivity contribution in [1.82, 2.24) is 0 Å². The van der Waals surface area contributed by atoms with E-state index in [4.69, 9.17) is 5.11 Å². The summed E-state index contributed by atoms with van der Waals surface area (Å²) in [5.41, 5.74) is -3.00. The van der Waals surface area contributed by atoms with Crippen LogP contribution < -0.4 is 169 Å². The monoisotopic (exact) mass is 432 g/mol. The fourth-order valence-corrected chi connectivity index (χ4v) is 3.59. The molecule has 0 aliphatic rings. The van der Waals surface area contributed by atoms with Gasteiger partial charge in [-0.2, -0.15) is 0 Å². The topological polar surface area (TPSA) is 133 Å². The molecular formula is C10H21K3O7P2. The number of hydrogen-bond acceptors (Lipinski definition) is 7. The molecule has 1 N–H and O–H groups in total. The van der Waals surface area contributed by atoms with Crippen molar-refractivity contribution < 1.29 is 188 Å². The third-order valence-corrected chi connectivity index (χ3v) is 5.96. The molecule has 0 aliphatic carbocycles. The third-order valence-electron chi connectivity index (χ3n) is 2.58. The van der Waals surface area contributed by atoms with Crippen LogP contribution in [0.3, 0.4) is 0 Å². The van der Waals surface area contributed by atoms with E-state index in [0.717, 1.165) is 32.1 Å². The van der Waals surface area contributed by atoms with Gasteiger partial charge in [-0.1, -0.05) is 45.4 Å². The zero-order chi connectivity index (χ0) is 14.9. The first kappa shape index (κ1) is 34.7. The van der Waals surface area contributed by atoms with Crippen LogP contribution in [0.1, 0.15) is 51.9 Å². The molecule has 0 aliphatic heterocycles. The Morgan fingerprint density at radius 1 is 0.909 bits per heavy atom. The molecule has 0 saturated carbocycles. The maximum Gasteiger partial charge on any atom is 1.00 e. The van der Waals surface area contributed by atoms with E-state index in [-0.39, 0.29) is 161 Å². The van der Waals surface area contributed by atoms with Crippen molar-refractivity contribution in [2.24, 2.45) is 0 Å². The van der Waals surface area contributed by atoms with Gasteiger partial charge in [-0.15, -0.1) is 0 Å². The number of rotatable bonds is 11. The summed E-state index contributed by atoms with van der Waals surface area (Å²) in [6.07, 6.45) is 6.63. The number of aliphatic hydroxyl groups is 1. The summed E-state index contributed by atoms with van der Waals surface area (Å²) < 4.78 is 25.8. The fraction of sp³-hybridized carbons (Fsp3) is 1.00. The van der Waals surface area contributed by atoms with Crippen LogP contribution in [-0.2, 0) is 13.7 Å². The number of unbranched alkanes of at least 4 members (excludes halogenated alkanes) is 6. The van der Waals surface area contributed by atoms with E-state index < -0.39 is 20.8 Å². The van der Waals surface area contributed by atoms with Gasteiger partial charge in [0.05, 0.1) is 6.61 Å². The molecule has 0 spiro atoms. The molecular weight excluding hydrogens is 411 g/mol. The first-order valence-electron chi connectivity index (χ1n) is 6.37. The molecule has 0 heterocycles. The second-order valence-corrected chi connectivity index (χ2v) is 8.18. The maximum atomic E-state index is 11.1. The van der Waals surface area contributed by atoms with E-state index in [0.29, 0.717) is 6.42 Å². The van der Waals surface area contributed by atoms with Gasteiger partial charge in [0.2, 0.25) is 0 Å². The summed E-state index contributed by atoms with van der Waals surface area (Å²) >= 11 is 0. The Kier molecular flexibility index (Phi) is 30.7. The third kappa shape index (κ3) is 18.5.